The molecule has 0 atom stereocenters. The maximum atomic E-state index is 13.5. The van der Waals surface area contributed by atoms with Crippen molar-refractivity contribution in [3.05, 3.63) is 46.1 Å². The van der Waals surface area contributed by atoms with Crippen molar-refractivity contribution in [3.8, 4) is 11.6 Å². The van der Waals surface area contributed by atoms with Crippen LogP contribution in [-0.4, -0.2) is 4.98 Å². The topological polar surface area (TPSA) is 48.1 Å². The molecule has 0 aliphatic rings. The molecule has 1 heterocycles. The molecule has 3 nitrogen and oxygen atoms in total. The molecule has 1 aromatic carbocycles. The number of pyridine rings is 1. The summed E-state index contributed by atoms with van der Waals surface area (Å²) in [6, 6.07) is 3.53. The van der Waals surface area contributed by atoms with Crippen molar-refractivity contribution in [2.45, 2.75) is 6.92 Å². The van der Waals surface area contributed by atoms with Gasteiger partial charge in [-0.3, -0.25) is 0 Å². The van der Waals surface area contributed by atoms with E-state index in [0.717, 1.165) is 16.6 Å². The molecule has 0 saturated carbocycles. The fourth-order valence-electron chi connectivity index (χ4n) is 1.36. The van der Waals surface area contributed by atoms with Gasteiger partial charge in [-0.25, -0.2) is 13.8 Å². The highest BCUT2D eigenvalue weighted by molar-refractivity contribution is 9.10. The molecule has 0 radical (unpaired) electrons. The average molecular weight is 315 g/mol. The minimum Gasteiger partial charge on any atom is -0.436 e. The van der Waals surface area contributed by atoms with Crippen LogP contribution in [0, 0.1) is 18.6 Å². The molecule has 2 N–H and O–H groups in total. The Morgan fingerprint density at radius 1 is 1.22 bits per heavy atom. The molecule has 6 heteroatoms. The lowest BCUT2D eigenvalue weighted by atomic mass is 10.2. The molecule has 2 aromatic rings. The highest BCUT2D eigenvalue weighted by Crippen LogP contribution is 2.29. The van der Waals surface area contributed by atoms with Crippen molar-refractivity contribution in [1.29, 1.82) is 0 Å². The number of rotatable bonds is 2. The van der Waals surface area contributed by atoms with E-state index in [-0.39, 0.29) is 17.3 Å². The summed E-state index contributed by atoms with van der Waals surface area (Å²) in [4.78, 5) is 3.98. The number of nitrogen functional groups attached to an aromatic ring is 1. The lowest BCUT2D eigenvalue weighted by molar-refractivity contribution is 0.420. The van der Waals surface area contributed by atoms with Gasteiger partial charge < -0.3 is 10.5 Å². The molecule has 94 valence electrons. The summed E-state index contributed by atoms with van der Waals surface area (Å²) in [7, 11) is 0. The van der Waals surface area contributed by atoms with Gasteiger partial charge in [0.05, 0.1) is 5.69 Å². The maximum absolute atomic E-state index is 13.5. The minimum absolute atomic E-state index is 0.210. The summed E-state index contributed by atoms with van der Waals surface area (Å²) in [5.74, 6) is -1.51. The van der Waals surface area contributed by atoms with Crippen LogP contribution in [0.25, 0.3) is 0 Å². The van der Waals surface area contributed by atoms with Crippen LogP contribution >= 0.6 is 15.9 Å². The van der Waals surface area contributed by atoms with E-state index < -0.39 is 11.6 Å². The molecule has 0 amide bonds. The van der Waals surface area contributed by atoms with E-state index in [1.165, 1.54) is 6.20 Å². The standard InChI is InChI=1S/C12H9BrF2N2O/c1-6-2-7(13)5-17-12(6)18-11-4-8(14)10(16)3-9(11)15/h2-5H,16H2,1H3. The fraction of sp³-hybridized carbons (Fsp3) is 0.0833. The fourth-order valence-corrected chi connectivity index (χ4v) is 1.81. The number of anilines is 1. The number of halogens is 3. The van der Waals surface area contributed by atoms with Gasteiger partial charge in [0.15, 0.2) is 11.6 Å². The third-order valence-electron chi connectivity index (χ3n) is 2.25. The second-order valence-corrected chi connectivity index (χ2v) is 4.60. The lowest BCUT2D eigenvalue weighted by Crippen LogP contribution is -1.97. The Morgan fingerprint density at radius 3 is 2.61 bits per heavy atom. The van der Waals surface area contributed by atoms with Crippen LogP contribution in [0.4, 0.5) is 14.5 Å². The first kappa shape index (κ1) is 12.8. The van der Waals surface area contributed by atoms with Crippen LogP contribution < -0.4 is 10.5 Å². The van der Waals surface area contributed by atoms with Gasteiger partial charge in [0.2, 0.25) is 5.88 Å². The van der Waals surface area contributed by atoms with Gasteiger partial charge in [-0.1, -0.05) is 0 Å². The molecule has 0 saturated heterocycles. The smallest absolute Gasteiger partial charge is 0.222 e. The lowest BCUT2D eigenvalue weighted by Gasteiger charge is -2.09. The number of hydrogen-bond donors (Lipinski definition) is 1. The van der Waals surface area contributed by atoms with Crippen LogP contribution in [0.1, 0.15) is 5.56 Å². The first-order valence-electron chi connectivity index (χ1n) is 5.02. The van der Waals surface area contributed by atoms with Gasteiger partial charge in [-0.15, -0.1) is 0 Å². The highest BCUT2D eigenvalue weighted by atomic mass is 79.9. The number of ether oxygens (including phenoxy) is 1. The summed E-state index contributed by atoms with van der Waals surface area (Å²) in [5, 5.41) is 0. The van der Waals surface area contributed by atoms with E-state index in [1.807, 2.05) is 0 Å². The predicted molar refractivity (Wildman–Crippen MR) is 67.5 cm³/mol. The molecule has 0 fully saturated rings. The molecular formula is C12H9BrF2N2O. The van der Waals surface area contributed by atoms with Crippen LogP contribution in [0.3, 0.4) is 0 Å². The zero-order chi connectivity index (χ0) is 13.3. The Hall–Kier alpha value is -1.69. The molecule has 1 aromatic heterocycles. The number of nitrogens with zero attached hydrogens (tertiary/aromatic N) is 1. The molecule has 2 rings (SSSR count). The summed E-state index contributed by atoms with van der Waals surface area (Å²) in [6.07, 6.45) is 1.51. The Balaban J connectivity index is 2.37. The van der Waals surface area contributed by atoms with Crippen molar-refractivity contribution < 1.29 is 13.5 Å². The summed E-state index contributed by atoms with van der Waals surface area (Å²) in [5.41, 5.74) is 5.67. The van der Waals surface area contributed by atoms with Crippen LogP contribution in [0.15, 0.2) is 28.9 Å². The third-order valence-corrected chi connectivity index (χ3v) is 2.69. The Kier molecular flexibility index (Phi) is 3.47. The predicted octanol–water partition coefficient (Wildman–Crippen LogP) is 3.81. The summed E-state index contributed by atoms with van der Waals surface area (Å²) >= 11 is 3.25. The van der Waals surface area contributed by atoms with Gasteiger partial charge in [-0.2, -0.15) is 0 Å². The van der Waals surface area contributed by atoms with Gasteiger partial charge in [0, 0.05) is 28.4 Å². The van der Waals surface area contributed by atoms with E-state index in [4.69, 9.17) is 10.5 Å². The monoisotopic (exact) mass is 314 g/mol. The van der Waals surface area contributed by atoms with E-state index >= 15 is 0 Å². The molecule has 0 aliphatic carbocycles. The first-order chi connectivity index (χ1) is 8.47. The van der Waals surface area contributed by atoms with Crippen LogP contribution in [-0.2, 0) is 0 Å². The van der Waals surface area contributed by atoms with Gasteiger partial charge in [0.25, 0.3) is 0 Å². The normalized spacial score (nSPS) is 10.4. The number of hydrogen-bond acceptors (Lipinski definition) is 3. The molecule has 0 unspecified atom stereocenters. The van der Waals surface area contributed by atoms with Gasteiger partial charge in [0.1, 0.15) is 5.82 Å². The van der Waals surface area contributed by atoms with Crippen LogP contribution in [0.5, 0.6) is 11.6 Å². The van der Waals surface area contributed by atoms with E-state index in [0.29, 0.717) is 5.56 Å². The highest BCUT2D eigenvalue weighted by Gasteiger charge is 2.12. The van der Waals surface area contributed by atoms with Crippen molar-refractivity contribution in [2.24, 2.45) is 0 Å². The second kappa shape index (κ2) is 4.89. The molecule has 18 heavy (non-hydrogen) atoms. The maximum Gasteiger partial charge on any atom is 0.222 e. The number of benzene rings is 1. The molecule has 0 bridgehead atoms. The molecule has 0 aliphatic heterocycles. The summed E-state index contributed by atoms with van der Waals surface area (Å²) < 4.78 is 32.7. The van der Waals surface area contributed by atoms with Gasteiger partial charge >= 0.3 is 0 Å². The van der Waals surface area contributed by atoms with Crippen molar-refractivity contribution >= 4 is 21.6 Å². The number of aryl methyl sites for hydroxylation is 1. The number of nitrogens with two attached hydrogens (primary N) is 1. The van der Waals surface area contributed by atoms with E-state index in [1.54, 1.807) is 13.0 Å². The molecule has 0 spiro atoms. The average Bonchev–Trinajstić information content (AvgIpc) is 2.29. The van der Waals surface area contributed by atoms with E-state index in [2.05, 4.69) is 20.9 Å². The van der Waals surface area contributed by atoms with Crippen LogP contribution in [0.2, 0.25) is 0 Å². The molecular weight excluding hydrogens is 306 g/mol. The minimum atomic E-state index is -0.738. The number of aromatic nitrogens is 1. The zero-order valence-corrected chi connectivity index (χ0v) is 11.0. The van der Waals surface area contributed by atoms with Gasteiger partial charge in [-0.05, 0) is 28.9 Å². The van der Waals surface area contributed by atoms with Crippen molar-refractivity contribution in [1.82, 2.24) is 4.98 Å². The Morgan fingerprint density at radius 2 is 1.94 bits per heavy atom. The second-order valence-electron chi connectivity index (χ2n) is 3.68. The zero-order valence-electron chi connectivity index (χ0n) is 9.38. The van der Waals surface area contributed by atoms with Crippen molar-refractivity contribution in [2.75, 3.05) is 5.73 Å². The Labute approximate surface area is 111 Å². The van der Waals surface area contributed by atoms with E-state index in [9.17, 15) is 8.78 Å². The SMILES string of the molecule is Cc1cc(Br)cnc1Oc1cc(F)c(N)cc1F. The Bertz CT molecular complexity index is 605. The summed E-state index contributed by atoms with van der Waals surface area (Å²) in [6.45, 7) is 1.75. The first-order valence-corrected chi connectivity index (χ1v) is 5.81. The third kappa shape index (κ3) is 2.59. The van der Waals surface area contributed by atoms with Crippen molar-refractivity contribution in [3.63, 3.8) is 0 Å². The largest absolute Gasteiger partial charge is 0.436 e. The quantitative estimate of drug-likeness (QED) is 0.858.